The fraction of sp³-hybridized carbons (Fsp3) is 0.136. The van der Waals surface area contributed by atoms with E-state index in [1.54, 1.807) is 0 Å². The van der Waals surface area contributed by atoms with Gasteiger partial charge in [0.15, 0.2) is 11.5 Å². The van der Waals surface area contributed by atoms with Crippen molar-refractivity contribution in [1.82, 2.24) is 0 Å². The lowest BCUT2D eigenvalue weighted by Crippen LogP contribution is -2.38. The summed E-state index contributed by atoms with van der Waals surface area (Å²) in [4.78, 5) is 12.4. The summed E-state index contributed by atoms with van der Waals surface area (Å²) in [5.41, 5.74) is -0.169. The molecule has 0 aromatic heterocycles. The fourth-order valence-electron chi connectivity index (χ4n) is 3.14. The summed E-state index contributed by atoms with van der Waals surface area (Å²) in [5, 5.41) is 2.34. The van der Waals surface area contributed by atoms with Gasteiger partial charge in [-0.15, -0.1) is 0 Å². The molecule has 0 bridgehead atoms. The number of carbonyl (C=O) groups is 1. The third-order valence-corrected chi connectivity index (χ3v) is 6.40. The molecule has 1 heterocycles. The average Bonchev–Trinajstić information content (AvgIpc) is 2.78. The highest BCUT2D eigenvalue weighted by Gasteiger charge is 2.29. The van der Waals surface area contributed by atoms with Crippen LogP contribution in [0.3, 0.4) is 0 Å². The van der Waals surface area contributed by atoms with E-state index in [0.717, 1.165) is 22.5 Å². The number of carbonyl (C=O) groups excluding carboxylic acids is 1. The second-order valence-corrected chi connectivity index (χ2v) is 8.69. The molecule has 7 nitrogen and oxygen atoms in total. The zero-order chi connectivity index (χ0) is 22.7. The molecule has 1 N–H and O–H groups in total. The zero-order valence-electron chi connectivity index (χ0n) is 16.6. The molecule has 0 atom stereocenters. The lowest BCUT2D eigenvalue weighted by Gasteiger charge is -2.25. The van der Waals surface area contributed by atoms with Crippen molar-refractivity contribution in [3.05, 3.63) is 78.4 Å². The van der Waals surface area contributed by atoms with Gasteiger partial charge in [0.25, 0.3) is 10.0 Å². The summed E-state index contributed by atoms with van der Waals surface area (Å²) in [6.45, 7) is -0.117. The number of halogens is 2. The molecule has 0 saturated carbocycles. The molecular weight excluding hydrogens is 442 g/mol. The number of amides is 1. The highest BCUT2D eigenvalue weighted by Crippen LogP contribution is 2.34. The van der Waals surface area contributed by atoms with Gasteiger partial charge in [-0.3, -0.25) is 9.10 Å². The Balaban J connectivity index is 1.69. The van der Waals surface area contributed by atoms with Crippen molar-refractivity contribution >= 4 is 27.3 Å². The molecule has 3 aromatic carbocycles. The van der Waals surface area contributed by atoms with Gasteiger partial charge in [-0.25, -0.2) is 17.2 Å². The molecule has 0 spiro atoms. The highest BCUT2D eigenvalue weighted by atomic mass is 32.2. The predicted octanol–water partition coefficient (Wildman–Crippen LogP) is 3.57. The summed E-state index contributed by atoms with van der Waals surface area (Å²) in [6.07, 6.45) is 0. The van der Waals surface area contributed by atoms with Crippen LogP contribution in [-0.4, -0.2) is 34.1 Å². The van der Waals surface area contributed by atoms with Crippen molar-refractivity contribution < 1.29 is 31.5 Å². The normalized spacial score (nSPS) is 12.8. The number of fused-ring (bicyclic) bond motifs is 1. The Bertz CT molecular complexity index is 1270. The van der Waals surface area contributed by atoms with Gasteiger partial charge in [0.1, 0.15) is 31.4 Å². The number of hydrogen-bond donors (Lipinski definition) is 1. The maximum atomic E-state index is 13.9. The molecule has 0 aliphatic carbocycles. The highest BCUT2D eigenvalue weighted by molar-refractivity contribution is 7.92. The van der Waals surface area contributed by atoms with Crippen molar-refractivity contribution in [3.63, 3.8) is 0 Å². The number of para-hydroxylation sites is 1. The standard InChI is InChI=1S/C22H18F2N2O5S/c23-15-4-3-5-16(12-15)26(14-22(27)25-19-7-2-1-6-18(19)24)32(28,29)17-8-9-20-21(13-17)31-11-10-30-20/h1-9,12-13H,10-11,14H2,(H,25,27). The van der Waals surface area contributed by atoms with Crippen LogP contribution >= 0.6 is 0 Å². The first-order valence-electron chi connectivity index (χ1n) is 9.57. The third-order valence-electron chi connectivity index (χ3n) is 4.63. The minimum absolute atomic E-state index is 0.0661. The van der Waals surface area contributed by atoms with Crippen LogP contribution in [0, 0.1) is 11.6 Å². The molecule has 32 heavy (non-hydrogen) atoms. The zero-order valence-corrected chi connectivity index (χ0v) is 17.4. The van der Waals surface area contributed by atoms with Crippen LogP contribution in [0.2, 0.25) is 0 Å². The van der Waals surface area contributed by atoms with Crippen molar-refractivity contribution in [2.45, 2.75) is 4.90 Å². The monoisotopic (exact) mass is 460 g/mol. The molecule has 3 aromatic rings. The lowest BCUT2D eigenvalue weighted by molar-refractivity contribution is -0.114. The summed E-state index contributed by atoms with van der Waals surface area (Å²) >= 11 is 0. The van der Waals surface area contributed by atoms with E-state index in [1.807, 2.05) is 0 Å². The topological polar surface area (TPSA) is 84.9 Å². The summed E-state index contributed by atoms with van der Waals surface area (Å²) < 4.78 is 66.3. The molecule has 0 radical (unpaired) electrons. The Kier molecular flexibility index (Phi) is 5.95. The van der Waals surface area contributed by atoms with Crippen molar-refractivity contribution in [1.29, 1.82) is 0 Å². The van der Waals surface area contributed by atoms with Crippen LogP contribution in [0.25, 0.3) is 0 Å². The maximum absolute atomic E-state index is 13.9. The van der Waals surface area contributed by atoms with E-state index in [4.69, 9.17) is 9.47 Å². The van der Waals surface area contributed by atoms with Crippen molar-refractivity contribution in [2.24, 2.45) is 0 Å². The minimum Gasteiger partial charge on any atom is -0.486 e. The van der Waals surface area contributed by atoms with E-state index in [0.29, 0.717) is 12.4 Å². The summed E-state index contributed by atoms with van der Waals surface area (Å²) in [5.74, 6) is -1.52. The van der Waals surface area contributed by atoms with E-state index in [2.05, 4.69) is 5.32 Å². The number of hydrogen-bond acceptors (Lipinski definition) is 5. The first kappa shape index (κ1) is 21.6. The number of sulfonamides is 1. The van der Waals surface area contributed by atoms with Crippen molar-refractivity contribution in [3.8, 4) is 11.5 Å². The van der Waals surface area contributed by atoms with E-state index in [1.165, 1.54) is 48.5 Å². The smallest absolute Gasteiger partial charge is 0.264 e. The van der Waals surface area contributed by atoms with E-state index in [9.17, 15) is 22.0 Å². The van der Waals surface area contributed by atoms with E-state index >= 15 is 0 Å². The van der Waals surface area contributed by atoms with Crippen LogP contribution < -0.4 is 19.1 Å². The lowest BCUT2D eigenvalue weighted by atomic mass is 10.3. The van der Waals surface area contributed by atoms with Crippen LogP contribution in [-0.2, 0) is 14.8 Å². The molecular formula is C22H18F2N2O5S. The Labute approximate surface area is 183 Å². The van der Waals surface area contributed by atoms with Crippen molar-refractivity contribution in [2.75, 3.05) is 29.4 Å². The third kappa shape index (κ3) is 4.50. The Morgan fingerprint density at radius 2 is 1.69 bits per heavy atom. The van der Waals surface area contributed by atoms with Crippen LogP contribution in [0.5, 0.6) is 11.5 Å². The number of ether oxygens (including phenoxy) is 2. The van der Waals surface area contributed by atoms with Gasteiger partial charge in [0.2, 0.25) is 5.91 Å². The first-order valence-corrected chi connectivity index (χ1v) is 11.0. The maximum Gasteiger partial charge on any atom is 0.264 e. The predicted molar refractivity (Wildman–Crippen MR) is 113 cm³/mol. The first-order chi connectivity index (χ1) is 15.3. The summed E-state index contributed by atoms with van der Waals surface area (Å²) in [7, 11) is -4.33. The molecule has 1 aliphatic heterocycles. The fourth-order valence-corrected chi connectivity index (χ4v) is 4.57. The molecule has 1 aliphatic rings. The van der Waals surface area contributed by atoms with E-state index in [-0.39, 0.29) is 28.6 Å². The van der Waals surface area contributed by atoms with Crippen LogP contribution in [0.4, 0.5) is 20.2 Å². The van der Waals surface area contributed by atoms with Gasteiger partial charge in [-0.2, -0.15) is 0 Å². The minimum atomic E-state index is -4.33. The Morgan fingerprint density at radius 3 is 2.44 bits per heavy atom. The van der Waals surface area contributed by atoms with Gasteiger partial charge in [0.05, 0.1) is 16.3 Å². The second-order valence-electron chi connectivity index (χ2n) is 6.83. The largest absolute Gasteiger partial charge is 0.486 e. The van der Waals surface area contributed by atoms with Gasteiger partial charge in [-0.05, 0) is 42.5 Å². The number of rotatable bonds is 6. The van der Waals surface area contributed by atoms with E-state index < -0.39 is 34.1 Å². The van der Waals surface area contributed by atoms with Gasteiger partial charge < -0.3 is 14.8 Å². The Hall–Kier alpha value is -3.66. The molecule has 1 amide bonds. The SMILES string of the molecule is O=C(CN(c1cccc(F)c1)S(=O)(=O)c1ccc2c(c1)OCCO2)Nc1ccccc1F. The molecule has 166 valence electrons. The molecule has 4 rings (SSSR count). The average molecular weight is 460 g/mol. The summed E-state index contributed by atoms with van der Waals surface area (Å²) in [6, 6.07) is 14.3. The molecule has 10 heteroatoms. The number of nitrogens with zero attached hydrogens (tertiary/aromatic N) is 1. The van der Waals surface area contributed by atoms with Gasteiger partial charge >= 0.3 is 0 Å². The quantitative estimate of drug-likeness (QED) is 0.608. The second kappa shape index (κ2) is 8.83. The Morgan fingerprint density at radius 1 is 0.938 bits per heavy atom. The van der Waals surface area contributed by atoms with Gasteiger partial charge in [0, 0.05) is 6.07 Å². The number of nitrogens with one attached hydrogen (secondary N) is 1. The van der Waals surface area contributed by atoms with Gasteiger partial charge in [-0.1, -0.05) is 18.2 Å². The van der Waals surface area contributed by atoms with Crippen LogP contribution in [0.15, 0.2) is 71.6 Å². The number of benzene rings is 3. The van der Waals surface area contributed by atoms with Crippen LogP contribution in [0.1, 0.15) is 0 Å². The molecule has 0 saturated heterocycles. The molecule has 0 unspecified atom stereocenters. The molecule has 0 fully saturated rings. The number of anilines is 2.